The van der Waals surface area contributed by atoms with Gasteiger partial charge in [0.2, 0.25) is 5.95 Å². The highest BCUT2D eigenvalue weighted by molar-refractivity contribution is 7.92. The minimum atomic E-state index is -3.82. The maximum atomic E-state index is 12.7. The number of halogens is 1. The highest BCUT2D eigenvalue weighted by atomic mass is 35.5. The van der Waals surface area contributed by atoms with Crippen LogP contribution in [0.5, 0.6) is 0 Å². The van der Waals surface area contributed by atoms with E-state index < -0.39 is 10.0 Å². The highest BCUT2D eigenvalue weighted by Crippen LogP contribution is 2.27. The van der Waals surface area contributed by atoms with Crippen LogP contribution in [0.1, 0.15) is 11.3 Å². The second kappa shape index (κ2) is 8.81. The average Bonchev–Trinajstić information content (AvgIpc) is 2.81. The summed E-state index contributed by atoms with van der Waals surface area (Å²) in [4.78, 5) is 17.4. The number of sulfonamides is 1. The zero-order valence-corrected chi connectivity index (χ0v) is 19.5. The van der Waals surface area contributed by atoms with Crippen LogP contribution in [-0.4, -0.2) is 29.6 Å². The first kappa shape index (κ1) is 21.9. The third-order valence-corrected chi connectivity index (χ3v) is 6.77. The monoisotopic (exact) mass is 487 g/mol. The first-order valence-corrected chi connectivity index (χ1v) is 12.2. The molecule has 0 radical (unpaired) electrons. The standard InChI is InChI=1S/C25H18ClN5O2S/c1-16-12-13-27-25(29-16)31-34(32,33)19-9-7-18(8-10-19)28-15-22-20-4-2-3-5-23(20)30-24-14-17(26)6-11-21(22)24/h2-15H,1H3,(H,27,29,31)/b28-15-. The molecule has 0 saturated carbocycles. The second-order valence-electron chi connectivity index (χ2n) is 7.58. The smallest absolute Gasteiger partial charge is 0.256 e. The van der Waals surface area contributed by atoms with Crippen molar-refractivity contribution in [3.63, 3.8) is 0 Å². The van der Waals surface area contributed by atoms with Crippen LogP contribution >= 0.6 is 11.6 Å². The third kappa shape index (κ3) is 4.46. The predicted octanol–water partition coefficient (Wildman–Crippen LogP) is 5.69. The number of aromatic nitrogens is 3. The van der Waals surface area contributed by atoms with E-state index in [1.165, 1.54) is 18.3 Å². The van der Waals surface area contributed by atoms with Crippen molar-refractivity contribution >= 4 is 61.3 Å². The van der Waals surface area contributed by atoms with Crippen LogP contribution in [0.3, 0.4) is 0 Å². The van der Waals surface area contributed by atoms with E-state index >= 15 is 0 Å². The molecular formula is C25H18ClN5O2S. The zero-order valence-electron chi connectivity index (χ0n) is 18.0. The largest absolute Gasteiger partial charge is 0.264 e. The normalized spacial score (nSPS) is 11.9. The lowest BCUT2D eigenvalue weighted by Gasteiger charge is -2.08. The lowest BCUT2D eigenvalue weighted by Crippen LogP contribution is -2.15. The Kier molecular flexibility index (Phi) is 5.69. The summed E-state index contributed by atoms with van der Waals surface area (Å²) in [7, 11) is -3.82. The summed E-state index contributed by atoms with van der Waals surface area (Å²) < 4.78 is 27.7. The van der Waals surface area contributed by atoms with Gasteiger partial charge in [-0.3, -0.25) is 4.99 Å². The van der Waals surface area contributed by atoms with Crippen LogP contribution in [0, 0.1) is 6.92 Å². The molecule has 9 heteroatoms. The number of fused-ring (bicyclic) bond motifs is 2. The van der Waals surface area contributed by atoms with Crippen LogP contribution in [0.15, 0.2) is 88.9 Å². The molecule has 0 aliphatic carbocycles. The summed E-state index contributed by atoms with van der Waals surface area (Å²) in [6, 6.07) is 21.4. The van der Waals surface area contributed by atoms with Crippen LogP contribution < -0.4 is 4.72 Å². The minimum Gasteiger partial charge on any atom is -0.256 e. The minimum absolute atomic E-state index is 0.0265. The molecule has 0 amide bonds. The predicted molar refractivity (Wildman–Crippen MR) is 136 cm³/mol. The Morgan fingerprint density at radius 2 is 1.68 bits per heavy atom. The molecule has 2 heterocycles. The molecule has 0 aliphatic rings. The Bertz CT molecular complexity index is 1670. The molecule has 0 bridgehead atoms. The molecule has 0 saturated heterocycles. The number of para-hydroxylation sites is 1. The second-order valence-corrected chi connectivity index (χ2v) is 9.70. The van der Waals surface area contributed by atoms with E-state index in [0.29, 0.717) is 16.4 Å². The Morgan fingerprint density at radius 1 is 0.912 bits per heavy atom. The van der Waals surface area contributed by atoms with Crippen LogP contribution in [0.2, 0.25) is 5.02 Å². The molecule has 0 aliphatic heterocycles. The fourth-order valence-corrected chi connectivity index (χ4v) is 4.68. The molecule has 7 nitrogen and oxygen atoms in total. The number of hydrogen-bond donors (Lipinski definition) is 1. The number of aryl methyl sites for hydroxylation is 1. The van der Waals surface area contributed by atoms with Crippen LogP contribution in [-0.2, 0) is 10.0 Å². The Balaban J connectivity index is 1.47. The van der Waals surface area contributed by atoms with E-state index in [1.54, 1.807) is 31.3 Å². The summed E-state index contributed by atoms with van der Waals surface area (Å²) in [5.74, 6) is 0.0265. The molecule has 0 unspecified atom stereocenters. The van der Waals surface area contributed by atoms with Gasteiger partial charge in [0, 0.05) is 39.5 Å². The summed E-state index contributed by atoms with van der Waals surface area (Å²) in [6.07, 6.45) is 3.26. The molecule has 3 aromatic carbocycles. The first-order chi connectivity index (χ1) is 16.4. The Hall–Kier alpha value is -3.88. The van der Waals surface area contributed by atoms with Gasteiger partial charge in [-0.1, -0.05) is 35.9 Å². The zero-order chi connectivity index (χ0) is 23.7. The lowest BCUT2D eigenvalue weighted by atomic mass is 10.0. The molecule has 34 heavy (non-hydrogen) atoms. The van der Waals surface area contributed by atoms with Crippen molar-refractivity contribution in [1.82, 2.24) is 15.0 Å². The van der Waals surface area contributed by atoms with Gasteiger partial charge < -0.3 is 0 Å². The first-order valence-electron chi connectivity index (χ1n) is 10.3. The Labute approximate surface area is 201 Å². The highest BCUT2D eigenvalue weighted by Gasteiger charge is 2.15. The summed E-state index contributed by atoms with van der Waals surface area (Å²) in [5, 5.41) is 2.50. The topological polar surface area (TPSA) is 97.2 Å². The number of hydrogen-bond acceptors (Lipinski definition) is 6. The third-order valence-electron chi connectivity index (χ3n) is 5.20. The number of pyridine rings is 1. The maximum Gasteiger partial charge on any atom is 0.264 e. The summed E-state index contributed by atoms with van der Waals surface area (Å²) >= 11 is 6.17. The fourth-order valence-electron chi connectivity index (χ4n) is 3.57. The van der Waals surface area contributed by atoms with E-state index in [2.05, 4.69) is 19.7 Å². The van der Waals surface area contributed by atoms with Crippen molar-refractivity contribution in [2.45, 2.75) is 11.8 Å². The lowest BCUT2D eigenvalue weighted by molar-refractivity contribution is 0.601. The van der Waals surface area contributed by atoms with Crippen molar-refractivity contribution in [2.75, 3.05) is 4.72 Å². The van der Waals surface area contributed by atoms with E-state index in [0.717, 1.165) is 27.4 Å². The van der Waals surface area contributed by atoms with Gasteiger partial charge in [-0.05, 0) is 55.5 Å². The van der Waals surface area contributed by atoms with E-state index in [1.807, 2.05) is 42.5 Å². The van der Waals surface area contributed by atoms with Crippen LogP contribution in [0.4, 0.5) is 11.6 Å². The van der Waals surface area contributed by atoms with Gasteiger partial charge in [-0.2, -0.15) is 0 Å². The number of anilines is 1. The van der Waals surface area contributed by atoms with E-state index in [9.17, 15) is 8.42 Å². The van der Waals surface area contributed by atoms with Gasteiger partial charge in [0.05, 0.1) is 21.6 Å². The quantitative estimate of drug-likeness (QED) is 0.253. The van der Waals surface area contributed by atoms with Crippen LogP contribution in [0.25, 0.3) is 21.8 Å². The van der Waals surface area contributed by atoms with Crippen molar-refractivity contribution in [2.24, 2.45) is 4.99 Å². The number of aliphatic imine (C=N–C) groups is 1. The molecule has 5 aromatic rings. The van der Waals surface area contributed by atoms with Gasteiger partial charge in [-0.15, -0.1) is 0 Å². The van der Waals surface area contributed by atoms with Gasteiger partial charge >= 0.3 is 0 Å². The number of benzene rings is 3. The van der Waals surface area contributed by atoms with Crippen molar-refractivity contribution in [3.05, 3.63) is 95.3 Å². The molecule has 0 atom stereocenters. The Morgan fingerprint density at radius 3 is 2.47 bits per heavy atom. The fraction of sp³-hybridized carbons (Fsp3) is 0.0400. The number of rotatable bonds is 5. The van der Waals surface area contributed by atoms with Gasteiger partial charge in [-0.25, -0.2) is 28.1 Å². The molecule has 0 fully saturated rings. The number of nitrogens with zero attached hydrogens (tertiary/aromatic N) is 4. The average molecular weight is 488 g/mol. The number of nitrogens with one attached hydrogen (secondary N) is 1. The van der Waals surface area contributed by atoms with Gasteiger partial charge in [0.25, 0.3) is 10.0 Å². The van der Waals surface area contributed by atoms with E-state index in [-0.39, 0.29) is 10.8 Å². The van der Waals surface area contributed by atoms with Gasteiger partial charge in [0.1, 0.15) is 0 Å². The van der Waals surface area contributed by atoms with E-state index in [4.69, 9.17) is 16.6 Å². The molecular weight excluding hydrogens is 470 g/mol. The molecule has 2 aromatic heterocycles. The van der Waals surface area contributed by atoms with Crippen molar-refractivity contribution < 1.29 is 8.42 Å². The SMILES string of the molecule is Cc1ccnc(NS(=O)(=O)c2ccc(/N=C\c3c4ccccc4nc4cc(Cl)ccc34)cc2)n1. The summed E-state index contributed by atoms with van der Waals surface area (Å²) in [5.41, 5.74) is 3.79. The van der Waals surface area contributed by atoms with Crippen molar-refractivity contribution in [3.8, 4) is 0 Å². The molecule has 168 valence electrons. The maximum absolute atomic E-state index is 12.7. The summed E-state index contributed by atoms with van der Waals surface area (Å²) in [6.45, 7) is 1.76. The molecule has 1 N–H and O–H groups in total. The van der Waals surface area contributed by atoms with Crippen molar-refractivity contribution in [1.29, 1.82) is 0 Å². The molecule has 5 rings (SSSR count). The molecule has 0 spiro atoms. The van der Waals surface area contributed by atoms with Gasteiger partial charge in [0.15, 0.2) is 0 Å².